The standard InChI is InChI=1S/C7H7BO4/c1-2-4-7(5-3-1)8-11-9-6-10-12-8/h1-5H,6H2. The summed E-state index contributed by atoms with van der Waals surface area (Å²) in [6.07, 6.45) is 0. The van der Waals surface area contributed by atoms with Crippen LogP contribution in [0.3, 0.4) is 0 Å². The van der Waals surface area contributed by atoms with Gasteiger partial charge in [0.1, 0.15) is 0 Å². The Morgan fingerprint density at radius 3 is 2.33 bits per heavy atom. The minimum atomic E-state index is -0.583. The highest BCUT2D eigenvalue weighted by Crippen LogP contribution is 2.00. The Hall–Kier alpha value is -0.875. The molecule has 1 aliphatic heterocycles. The molecule has 0 aromatic heterocycles. The van der Waals surface area contributed by atoms with Crippen LogP contribution in [0.25, 0.3) is 0 Å². The lowest BCUT2D eigenvalue weighted by molar-refractivity contribution is -0.410. The number of hydrogen-bond donors (Lipinski definition) is 0. The molecule has 0 amide bonds. The van der Waals surface area contributed by atoms with Crippen LogP contribution in [0.5, 0.6) is 0 Å². The first-order chi connectivity index (χ1) is 5.97. The highest BCUT2D eigenvalue weighted by Gasteiger charge is 2.27. The second-order valence-corrected chi connectivity index (χ2v) is 2.29. The lowest BCUT2D eigenvalue weighted by atomic mass is 9.80. The van der Waals surface area contributed by atoms with Gasteiger partial charge in [-0.3, -0.25) is 9.61 Å². The Morgan fingerprint density at radius 1 is 1.00 bits per heavy atom. The molecule has 1 saturated heterocycles. The van der Waals surface area contributed by atoms with Gasteiger partial charge in [-0.25, -0.2) is 9.78 Å². The van der Waals surface area contributed by atoms with E-state index in [-0.39, 0.29) is 6.79 Å². The van der Waals surface area contributed by atoms with Gasteiger partial charge in [0, 0.05) is 0 Å². The second-order valence-electron chi connectivity index (χ2n) is 2.29. The molecule has 12 heavy (non-hydrogen) atoms. The first-order valence-corrected chi connectivity index (χ1v) is 3.58. The van der Waals surface area contributed by atoms with E-state index in [2.05, 4.69) is 9.78 Å². The fraction of sp³-hybridized carbons (Fsp3) is 0.143. The van der Waals surface area contributed by atoms with Crippen LogP contribution in [0.15, 0.2) is 30.3 Å². The molecular weight excluding hydrogens is 159 g/mol. The molecule has 0 bridgehead atoms. The van der Waals surface area contributed by atoms with Crippen LogP contribution in [0.4, 0.5) is 0 Å². The molecule has 0 N–H and O–H groups in total. The molecule has 0 spiro atoms. The zero-order chi connectivity index (χ0) is 8.23. The molecule has 4 nitrogen and oxygen atoms in total. The van der Waals surface area contributed by atoms with Crippen molar-refractivity contribution in [2.24, 2.45) is 0 Å². The molecule has 0 saturated carbocycles. The summed E-state index contributed by atoms with van der Waals surface area (Å²) in [6, 6.07) is 9.41. The van der Waals surface area contributed by atoms with Gasteiger partial charge in [0.15, 0.2) is 0 Å². The van der Waals surface area contributed by atoms with Gasteiger partial charge in [0.25, 0.3) is 0 Å². The van der Waals surface area contributed by atoms with E-state index >= 15 is 0 Å². The van der Waals surface area contributed by atoms with Gasteiger partial charge in [-0.2, -0.15) is 0 Å². The van der Waals surface area contributed by atoms with E-state index in [0.717, 1.165) is 5.46 Å². The minimum absolute atomic E-state index is 0.00331. The van der Waals surface area contributed by atoms with Crippen LogP contribution in [0, 0.1) is 0 Å². The van der Waals surface area contributed by atoms with Gasteiger partial charge in [-0.1, -0.05) is 30.3 Å². The molecule has 1 aliphatic rings. The van der Waals surface area contributed by atoms with Gasteiger partial charge in [-0.15, -0.1) is 0 Å². The summed E-state index contributed by atoms with van der Waals surface area (Å²) >= 11 is 0. The average Bonchev–Trinajstić information content (AvgIpc) is 2.21. The lowest BCUT2D eigenvalue weighted by Gasteiger charge is -2.17. The highest BCUT2D eigenvalue weighted by atomic mass is 17.3. The first kappa shape index (κ1) is 7.76. The maximum atomic E-state index is 4.82. The van der Waals surface area contributed by atoms with Gasteiger partial charge >= 0.3 is 7.12 Å². The average molecular weight is 166 g/mol. The zero-order valence-corrected chi connectivity index (χ0v) is 6.30. The van der Waals surface area contributed by atoms with E-state index in [9.17, 15) is 0 Å². The van der Waals surface area contributed by atoms with Crippen LogP contribution in [0.1, 0.15) is 0 Å². The molecule has 1 aromatic carbocycles. The summed E-state index contributed by atoms with van der Waals surface area (Å²) in [5.74, 6) is 0. The Kier molecular flexibility index (Phi) is 2.38. The maximum Gasteiger partial charge on any atom is 0.555 e. The molecule has 0 aliphatic carbocycles. The third-order valence-corrected chi connectivity index (χ3v) is 1.48. The van der Waals surface area contributed by atoms with Crippen LogP contribution in [-0.2, 0) is 19.4 Å². The van der Waals surface area contributed by atoms with Crippen molar-refractivity contribution in [3.63, 3.8) is 0 Å². The molecule has 0 unspecified atom stereocenters. The van der Waals surface area contributed by atoms with Gasteiger partial charge in [0.2, 0.25) is 6.79 Å². The summed E-state index contributed by atoms with van der Waals surface area (Å²) in [6.45, 7) is 0.00331. The van der Waals surface area contributed by atoms with Crippen LogP contribution in [-0.4, -0.2) is 13.9 Å². The second kappa shape index (κ2) is 3.69. The summed E-state index contributed by atoms with van der Waals surface area (Å²) < 4.78 is 0. The van der Waals surface area contributed by atoms with E-state index in [4.69, 9.17) is 9.61 Å². The van der Waals surface area contributed by atoms with Crippen molar-refractivity contribution < 1.29 is 19.4 Å². The Balaban J connectivity index is 2.08. The van der Waals surface area contributed by atoms with Crippen LogP contribution >= 0.6 is 0 Å². The third-order valence-electron chi connectivity index (χ3n) is 1.48. The summed E-state index contributed by atoms with van der Waals surface area (Å²) in [5.41, 5.74) is 0.859. The van der Waals surface area contributed by atoms with Crippen LogP contribution < -0.4 is 5.46 Å². The van der Waals surface area contributed by atoms with Crippen molar-refractivity contribution in [1.29, 1.82) is 0 Å². The molecule has 1 heterocycles. The third kappa shape index (κ3) is 1.65. The van der Waals surface area contributed by atoms with E-state index in [1.54, 1.807) is 0 Å². The maximum absolute atomic E-state index is 4.82. The molecule has 0 atom stereocenters. The fourth-order valence-corrected chi connectivity index (χ4v) is 0.936. The van der Waals surface area contributed by atoms with Crippen molar-refractivity contribution in [3.8, 4) is 0 Å². The summed E-state index contributed by atoms with van der Waals surface area (Å²) in [4.78, 5) is 18.8. The van der Waals surface area contributed by atoms with E-state index in [1.165, 1.54) is 0 Å². The van der Waals surface area contributed by atoms with E-state index in [0.29, 0.717) is 0 Å². The summed E-state index contributed by atoms with van der Waals surface area (Å²) in [5, 5.41) is 0. The van der Waals surface area contributed by atoms with Gasteiger partial charge in [0.05, 0.1) is 0 Å². The molecule has 0 radical (unpaired) electrons. The SMILES string of the molecule is c1ccc(B2OOCOO2)cc1. The molecule has 5 heteroatoms. The monoisotopic (exact) mass is 166 g/mol. The molecular formula is C7H7BO4. The molecule has 1 fully saturated rings. The van der Waals surface area contributed by atoms with Gasteiger partial charge < -0.3 is 0 Å². The molecule has 2 rings (SSSR count). The van der Waals surface area contributed by atoms with E-state index in [1.807, 2.05) is 30.3 Å². The first-order valence-electron chi connectivity index (χ1n) is 3.58. The van der Waals surface area contributed by atoms with Crippen molar-refractivity contribution in [1.82, 2.24) is 0 Å². The van der Waals surface area contributed by atoms with Crippen molar-refractivity contribution in [3.05, 3.63) is 30.3 Å². The van der Waals surface area contributed by atoms with E-state index < -0.39 is 7.12 Å². The largest absolute Gasteiger partial charge is 0.555 e. The number of benzene rings is 1. The highest BCUT2D eigenvalue weighted by molar-refractivity contribution is 6.60. The smallest absolute Gasteiger partial charge is 0.253 e. The topological polar surface area (TPSA) is 36.9 Å². The predicted octanol–water partition coefficient (Wildman–Crippen LogP) is 0.249. The molecule has 1 aromatic rings. The quantitative estimate of drug-likeness (QED) is 0.442. The zero-order valence-electron chi connectivity index (χ0n) is 6.30. The van der Waals surface area contributed by atoms with Crippen LogP contribution in [0.2, 0.25) is 0 Å². The van der Waals surface area contributed by atoms with Gasteiger partial charge in [-0.05, 0) is 5.46 Å². The number of hydrogen-bond acceptors (Lipinski definition) is 4. The normalized spacial score (nSPS) is 17.8. The Labute approximate surface area is 70.0 Å². The fourth-order valence-electron chi connectivity index (χ4n) is 0.936. The minimum Gasteiger partial charge on any atom is -0.253 e. The van der Waals surface area contributed by atoms with Crippen molar-refractivity contribution >= 4 is 12.6 Å². The van der Waals surface area contributed by atoms with Crippen molar-refractivity contribution in [2.75, 3.05) is 6.79 Å². The Morgan fingerprint density at radius 2 is 1.67 bits per heavy atom. The lowest BCUT2D eigenvalue weighted by Crippen LogP contribution is -2.40. The Bertz CT molecular complexity index is 234. The summed E-state index contributed by atoms with van der Waals surface area (Å²) in [7, 11) is -0.583. The molecule has 62 valence electrons. The number of rotatable bonds is 1. The van der Waals surface area contributed by atoms with Crippen molar-refractivity contribution in [2.45, 2.75) is 0 Å². The predicted molar refractivity (Wildman–Crippen MR) is 41.0 cm³/mol.